The maximum absolute atomic E-state index is 12.9. The fourth-order valence-corrected chi connectivity index (χ4v) is 4.45. The van der Waals surface area contributed by atoms with E-state index in [1.54, 1.807) is 0 Å². The second-order valence-electron chi connectivity index (χ2n) is 8.18. The van der Waals surface area contributed by atoms with Crippen molar-refractivity contribution < 1.29 is 9.53 Å². The van der Waals surface area contributed by atoms with Gasteiger partial charge in [-0.1, -0.05) is 24.3 Å². The van der Waals surface area contributed by atoms with Crippen LogP contribution in [0, 0.1) is 13.8 Å². The van der Waals surface area contributed by atoms with Crippen LogP contribution < -0.4 is 10.2 Å². The summed E-state index contributed by atoms with van der Waals surface area (Å²) < 4.78 is 7.36. The molecule has 7 heteroatoms. The van der Waals surface area contributed by atoms with E-state index >= 15 is 0 Å². The van der Waals surface area contributed by atoms with E-state index in [2.05, 4.69) is 23.2 Å². The molecule has 0 bridgehead atoms. The van der Waals surface area contributed by atoms with E-state index in [1.807, 2.05) is 53.9 Å². The molecule has 32 heavy (non-hydrogen) atoms. The van der Waals surface area contributed by atoms with Crippen molar-refractivity contribution in [2.45, 2.75) is 26.7 Å². The van der Waals surface area contributed by atoms with Crippen LogP contribution in [0.25, 0.3) is 16.6 Å². The SMILES string of the molecule is Cc1nc2c3ccccc3nn2c(C)c1CCC(=O)Nc1ccccc1N1CCOCC1. The van der Waals surface area contributed by atoms with Crippen molar-refractivity contribution in [3.63, 3.8) is 0 Å². The number of nitrogens with zero attached hydrogens (tertiary/aromatic N) is 4. The molecule has 0 radical (unpaired) electrons. The van der Waals surface area contributed by atoms with Gasteiger partial charge in [-0.25, -0.2) is 9.50 Å². The lowest BCUT2D eigenvalue weighted by Gasteiger charge is -2.30. The summed E-state index contributed by atoms with van der Waals surface area (Å²) in [5.74, 6) is -0.00441. The van der Waals surface area contributed by atoms with Gasteiger partial charge in [-0.2, -0.15) is 5.10 Å². The zero-order valence-electron chi connectivity index (χ0n) is 18.5. The van der Waals surface area contributed by atoms with Gasteiger partial charge in [0.25, 0.3) is 0 Å². The van der Waals surface area contributed by atoms with E-state index in [1.165, 1.54) is 0 Å². The molecule has 7 nitrogen and oxygen atoms in total. The number of carbonyl (C=O) groups is 1. The predicted octanol–water partition coefficient (Wildman–Crippen LogP) is 3.91. The highest BCUT2D eigenvalue weighted by molar-refractivity contribution is 5.95. The zero-order chi connectivity index (χ0) is 22.1. The summed E-state index contributed by atoms with van der Waals surface area (Å²) in [6, 6.07) is 16.0. The summed E-state index contributed by atoms with van der Waals surface area (Å²) in [7, 11) is 0. The van der Waals surface area contributed by atoms with Crippen LogP contribution in [0.3, 0.4) is 0 Å². The molecule has 0 spiro atoms. The number of nitrogens with one attached hydrogen (secondary N) is 1. The quantitative estimate of drug-likeness (QED) is 0.521. The Morgan fingerprint density at radius 2 is 1.81 bits per heavy atom. The van der Waals surface area contributed by atoms with Crippen LogP contribution in [0.2, 0.25) is 0 Å². The van der Waals surface area contributed by atoms with Crippen molar-refractivity contribution in [2.75, 3.05) is 36.5 Å². The van der Waals surface area contributed by atoms with Gasteiger partial charge >= 0.3 is 0 Å². The highest BCUT2D eigenvalue weighted by atomic mass is 16.5. The Hall–Kier alpha value is -3.45. The van der Waals surface area contributed by atoms with Gasteiger partial charge in [-0.05, 0) is 50.1 Å². The molecule has 1 aliphatic rings. The highest BCUT2D eigenvalue weighted by Crippen LogP contribution is 2.27. The van der Waals surface area contributed by atoms with Gasteiger partial charge in [0.1, 0.15) is 0 Å². The fourth-order valence-electron chi connectivity index (χ4n) is 4.45. The minimum Gasteiger partial charge on any atom is -0.378 e. The van der Waals surface area contributed by atoms with Crippen LogP contribution in [0.15, 0.2) is 48.5 Å². The number of aromatic nitrogens is 3. The number of hydrogen-bond donors (Lipinski definition) is 1. The molecular weight excluding hydrogens is 402 g/mol. The first kappa shape index (κ1) is 20.5. The van der Waals surface area contributed by atoms with Crippen molar-refractivity contribution in [3.05, 3.63) is 65.5 Å². The van der Waals surface area contributed by atoms with Gasteiger partial charge in [0.05, 0.1) is 30.1 Å². The van der Waals surface area contributed by atoms with Crippen molar-refractivity contribution in [1.82, 2.24) is 14.6 Å². The van der Waals surface area contributed by atoms with E-state index in [0.29, 0.717) is 26.1 Å². The number of morpholine rings is 1. The van der Waals surface area contributed by atoms with Crippen molar-refractivity contribution >= 4 is 33.8 Å². The number of aryl methyl sites for hydroxylation is 2. The number of para-hydroxylation sites is 2. The number of carbonyl (C=O) groups excluding carboxylic acids is 1. The van der Waals surface area contributed by atoms with Crippen molar-refractivity contribution in [1.29, 1.82) is 0 Å². The summed E-state index contributed by atoms with van der Waals surface area (Å²) in [4.78, 5) is 19.9. The smallest absolute Gasteiger partial charge is 0.224 e. The topological polar surface area (TPSA) is 71.8 Å². The van der Waals surface area contributed by atoms with Crippen molar-refractivity contribution in [2.24, 2.45) is 0 Å². The second kappa shape index (κ2) is 8.59. The molecule has 4 aromatic rings. The lowest BCUT2D eigenvalue weighted by Crippen LogP contribution is -2.36. The van der Waals surface area contributed by atoms with Gasteiger partial charge < -0.3 is 15.0 Å². The highest BCUT2D eigenvalue weighted by Gasteiger charge is 2.17. The molecule has 5 rings (SSSR count). The van der Waals surface area contributed by atoms with Crippen LogP contribution in [-0.2, 0) is 16.0 Å². The molecule has 1 aliphatic heterocycles. The van der Waals surface area contributed by atoms with E-state index in [0.717, 1.165) is 58.0 Å². The molecule has 1 amide bonds. The van der Waals surface area contributed by atoms with Gasteiger partial charge in [-0.3, -0.25) is 4.79 Å². The van der Waals surface area contributed by atoms with Gasteiger partial charge in [0.2, 0.25) is 5.91 Å². The number of rotatable bonds is 5. The molecule has 0 aliphatic carbocycles. The third-order valence-corrected chi connectivity index (χ3v) is 6.15. The number of amides is 1. The third-order valence-electron chi connectivity index (χ3n) is 6.15. The van der Waals surface area contributed by atoms with Crippen LogP contribution in [0.5, 0.6) is 0 Å². The molecule has 1 N–H and O–H groups in total. The average molecular weight is 430 g/mol. The molecule has 1 saturated heterocycles. The second-order valence-corrected chi connectivity index (χ2v) is 8.18. The fraction of sp³-hybridized carbons (Fsp3) is 0.320. The minimum absolute atomic E-state index is 0.00441. The molecule has 3 heterocycles. The average Bonchev–Trinajstić information content (AvgIpc) is 3.19. The van der Waals surface area contributed by atoms with Gasteiger partial charge in [-0.15, -0.1) is 0 Å². The van der Waals surface area contributed by atoms with Crippen LogP contribution in [0.1, 0.15) is 23.4 Å². The van der Waals surface area contributed by atoms with Crippen LogP contribution in [0.4, 0.5) is 11.4 Å². The monoisotopic (exact) mass is 429 g/mol. The lowest BCUT2D eigenvalue weighted by atomic mass is 10.1. The van der Waals surface area contributed by atoms with Gasteiger partial charge in [0.15, 0.2) is 5.65 Å². The van der Waals surface area contributed by atoms with Crippen molar-refractivity contribution in [3.8, 4) is 0 Å². The Kier molecular flexibility index (Phi) is 5.49. The first-order chi connectivity index (χ1) is 15.6. The Morgan fingerprint density at radius 3 is 2.66 bits per heavy atom. The lowest BCUT2D eigenvalue weighted by molar-refractivity contribution is -0.116. The largest absolute Gasteiger partial charge is 0.378 e. The maximum Gasteiger partial charge on any atom is 0.224 e. The van der Waals surface area contributed by atoms with E-state index < -0.39 is 0 Å². The summed E-state index contributed by atoms with van der Waals surface area (Å²) in [5.41, 5.74) is 6.73. The first-order valence-electron chi connectivity index (χ1n) is 11.1. The standard InChI is InChI=1S/C25H27N5O2/c1-17-19(18(2)30-25(26-17)20-7-3-4-8-21(20)28-30)11-12-24(31)27-22-9-5-6-10-23(22)29-13-15-32-16-14-29/h3-10H,11-16H2,1-2H3,(H,27,31). The predicted molar refractivity (Wildman–Crippen MR) is 126 cm³/mol. The number of hydrogen-bond acceptors (Lipinski definition) is 5. The number of fused-ring (bicyclic) bond motifs is 3. The summed E-state index contributed by atoms with van der Waals surface area (Å²) in [6.07, 6.45) is 0.996. The minimum atomic E-state index is -0.00441. The zero-order valence-corrected chi connectivity index (χ0v) is 18.5. The molecule has 0 saturated carbocycles. The van der Waals surface area contributed by atoms with Crippen LogP contribution >= 0.6 is 0 Å². The Labute approximate surface area is 187 Å². The third kappa shape index (κ3) is 3.80. The summed E-state index contributed by atoms with van der Waals surface area (Å²) >= 11 is 0. The number of benzene rings is 2. The Balaban J connectivity index is 1.34. The van der Waals surface area contributed by atoms with E-state index in [-0.39, 0.29) is 5.91 Å². The van der Waals surface area contributed by atoms with E-state index in [4.69, 9.17) is 14.8 Å². The van der Waals surface area contributed by atoms with Gasteiger partial charge in [0, 0.05) is 36.3 Å². The summed E-state index contributed by atoms with van der Waals surface area (Å²) in [5, 5.41) is 8.87. The molecular formula is C25H27N5O2. The molecule has 2 aromatic carbocycles. The molecule has 2 aromatic heterocycles. The van der Waals surface area contributed by atoms with Crippen LogP contribution in [-0.4, -0.2) is 46.8 Å². The molecule has 0 atom stereocenters. The number of ether oxygens (including phenoxy) is 1. The van der Waals surface area contributed by atoms with E-state index in [9.17, 15) is 4.79 Å². The molecule has 164 valence electrons. The maximum atomic E-state index is 12.9. The summed E-state index contributed by atoms with van der Waals surface area (Å²) in [6.45, 7) is 7.13. The normalized spacial score (nSPS) is 14.2. The first-order valence-corrected chi connectivity index (χ1v) is 11.1. The molecule has 0 unspecified atom stereocenters. The number of anilines is 2. The Morgan fingerprint density at radius 1 is 1.06 bits per heavy atom. The Bertz CT molecular complexity index is 1290. The molecule has 1 fully saturated rings.